The lowest BCUT2D eigenvalue weighted by Gasteiger charge is -2.04. The van der Waals surface area contributed by atoms with E-state index in [4.69, 9.17) is 4.74 Å². The number of hydrogen-bond donors (Lipinski definition) is 0. The molecule has 1 aromatic heterocycles. The number of carbonyl (C=O) groups excluding carboxylic acids is 1. The summed E-state index contributed by atoms with van der Waals surface area (Å²) >= 11 is 0. The Labute approximate surface area is 106 Å². The highest BCUT2D eigenvalue weighted by molar-refractivity contribution is 6.06. The van der Waals surface area contributed by atoms with Crippen LogP contribution in [-0.2, 0) is 0 Å². The average Bonchev–Trinajstić information content (AvgIpc) is 2.40. The summed E-state index contributed by atoms with van der Waals surface area (Å²) in [6.07, 6.45) is 3.27. The van der Waals surface area contributed by atoms with Gasteiger partial charge >= 0.3 is 0 Å². The lowest BCUT2D eigenvalue weighted by atomic mass is 10.1. The maximum atomic E-state index is 12.1. The first-order valence-corrected chi connectivity index (χ1v) is 5.77. The minimum Gasteiger partial charge on any atom is -0.494 e. The fourth-order valence-electron chi connectivity index (χ4n) is 1.51. The Morgan fingerprint density at radius 3 is 2.33 bits per heavy atom. The summed E-state index contributed by atoms with van der Waals surface area (Å²) < 4.78 is 5.32. The second kappa shape index (κ2) is 5.40. The fraction of sp³-hybridized carbons (Fsp3) is 0.214. The van der Waals surface area contributed by atoms with Crippen molar-refractivity contribution < 1.29 is 9.53 Å². The predicted molar refractivity (Wildman–Crippen MR) is 67.8 cm³/mol. The topological polar surface area (TPSA) is 52.1 Å². The molecule has 2 rings (SSSR count). The van der Waals surface area contributed by atoms with Crippen molar-refractivity contribution in [3.8, 4) is 5.75 Å². The molecular weight excluding hydrogens is 228 g/mol. The van der Waals surface area contributed by atoms with Gasteiger partial charge in [0.25, 0.3) is 0 Å². The van der Waals surface area contributed by atoms with Crippen LogP contribution in [0.15, 0.2) is 36.7 Å². The number of ether oxygens (including phenoxy) is 1. The predicted octanol–water partition coefficient (Wildman–Crippen LogP) is 2.41. The van der Waals surface area contributed by atoms with Crippen LogP contribution in [0.4, 0.5) is 0 Å². The van der Waals surface area contributed by atoms with E-state index in [2.05, 4.69) is 9.97 Å². The minimum atomic E-state index is -0.182. The summed E-state index contributed by atoms with van der Waals surface area (Å²) in [6.45, 7) is 4.40. The largest absolute Gasteiger partial charge is 0.494 e. The molecular formula is C14H14N2O2. The van der Waals surface area contributed by atoms with Gasteiger partial charge in [-0.05, 0) is 43.7 Å². The number of nitrogens with zero attached hydrogens (tertiary/aromatic N) is 2. The summed E-state index contributed by atoms with van der Waals surface area (Å²) in [6, 6.07) is 6.98. The Bertz CT molecular complexity index is 533. The number of aromatic nitrogens is 2. The van der Waals surface area contributed by atoms with Crippen LogP contribution >= 0.6 is 0 Å². The van der Waals surface area contributed by atoms with E-state index in [1.165, 1.54) is 0 Å². The van der Waals surface area contributed by atoms with Gasteiger partial charge in [-0.25, -0.2) is 9.97 Å². The quantitative estimate of drug-likeness (QED) is 0.772. The molecule has 1 heterocycles. The van der Waals surface area contributed by atoms with Gasteiger partial charge in [0.15, 0.2) is 0 Å². The third kappa shape index (κ3) is 2.71. The van der Waals surface area contributed by atoms with Crippen molar-refractivity contribution >= 4 is 5.78 Å². The maximum Gasteiger partial charge on any atom is 0.230 e. The number of aryl methyl sites for hydroxylation is 1. The summed E-state index contributed by atoms with van der Waals surface area (Å²) in [5.74, 6) is 0.779. The lowest BCUT2D eigenvalue weighted by molar-refractivity contribution is 0.102. The molecule has 0 bridgehead atoms. The molecule has 0 saturated heterocycles. The van der Waals surface area contributed by atoms with E-state index in [-0.39, 0.29) is 11.6 Å². The third-order valence-corrected chi connectivity index (χ3v) is 2.41. The summed E-state index contributed by atoms with van der Waals surface area (Å²) in [4.78, 5) is 20.1. The average molecular weight is 242 g/mol. The van der Waals surface area contributed by atoms with Crippen LogP contribution in [0.1, 0.15) is 28.7 Å². The summed E-state index contributed by atoms with van der Waals surface area (Å²) in [5, 5.41) is 0. The Morgan fingerprint density at radius 1 is 1.17 bits per heavy atom. The van der Waals surface area contributed by atoms with Crippen LogP contribution in [0.3, 0.4) is 0 Å². The third-order valence-electron chi connectivity index (χ3n) is 2.41. The van der Waals surface area contributed by atoms with Crippen molar-refractivity contribution in [1.82, 2.24) is 9.97 Å². The second-order valence-electron chi connectivity index (χ2n) is 3.87. The molecule has 2 aromatic rings. The van der Waals surface area contributed by atoms with E-state index >= 15 is 0 Å². The highest BCUT2D eigenvalue weighted by Gasteiger charge is 2.11. The smallest absolute Gasteiger partial charge is 0.230 e. The van der Waals surface area contributed by atoms with Gasteiger partial charge in [-0.15, -0.1) is 0 Å². The van der Waals surface area contributed by atoms with Crippen LogP contribution in [0.25, 0.3) is 0 Å². The van der Waals surface area contributed by atoms with Crippen molar-refractivity contribution in [1.29, 1.82) is 0 Å². The van der Waals surface area contributed by atoms with Gasteiger partial charge in [-0.1, -0.05) is 0 Å². The Kier molecular flexibility index (Phi) is 3.67. The molecule has 0 radical (unpaired) electrons. The minimum absolute atomic E-state index is 0.182. The normalized spacial score (nSPS) is 10.1. The molecule has 0 fully saturated rings. The highest BCUT2D eigenvalue weighted by atomic mass is 16.5. The first-order chi connectivity index (χ1) is 8.70. The van der Waals surface area contributed by atoms with Gasteiger partial charge in [0.1, 0.15) is 5.75 Å². The Morgan fingerprint density at radius 2 is 1.78 bits per heavy atom. The summed E-state index contributed by atoms with van der Waals surface area (Å²) in [7, 11) is 0. The van der Waals surface area contributed by atoms with Crippen LogP contribution in [0, 0.1) is 6.92 Å². The molecule has 0 spiro atoms. The molecule has 0 unspecified atom stereocenters. The molecule has 0 aliphatic carbocycles. The van der Waals surface area contributed by atoms with Gasteiger partial charge in [0.2, 0.25) is 11.6 Å². The van der Waals surface area contributed by atoms with Crippen molar-refractivity contribution in [2.45, 2.75) is 13.8 Å². The number of carbonyl (C=O) groups is 1. The van der Waals surface area contributed by atoms with Gasteiger partial charge in [0.05, 0.1) is 6.61 Å². The molecule has 0 N–H and O–H groups in total. The van der Waals surface area contributed by atoms with E-state index in [0.717, 1.165) is 11.3 Å². The second-order valence-corrected chi connectivity index (χ2v) is 3.87. The zero-order valence-electron chi connectivity index (χ0n) is 10.4. The van der Waals surface area contributed by atoms with E-state index < -0.39 is 0 Å². The molecule has 0 aliphatic heterocycles. The van der Waals surface area contributed by atoms with E-state index in [1.807, 2.05) is 13.8 Å². The molecule has 92 valence electrons. The fourth-order valence-corrected chi connectivity index (χ4v) is 1.51. The Hall–Kier alpha value is -2.23. The first kappa shape index (κ1) is 12.2. The monoisotopic (exact) mass is 242 g/mol. The van der Waals surface area contributed by atoms with Crippen molar-refractivity contribution in [3.05, 3.63) is 53.6 Å². The molecule has 4 heteroatoms. The standard InChI is InChI=1S/C14H14N2O2/c1-3-18-12-6-4-11(5-7-12)13(17)14-15-8-10(2)9-16-14/h4-9H,3H2,1-2H3. The zero-order chi connectivity index (χ0) is 13.0. The highest BCUT2D eigenvalue weighted by Crippen LogP contribution is 2.14. The lowest BCUT2D eigenvalue weighted by Crippen LogP contribution is -2.06. The molecule has 1 aromatic carbocycles. The molecule has 0 saturated carbocycles. The molecule has 0 aliphatic rings. The van der Waals surface area contributed by atoms with Crippen LogP contribution in [0.5, 0.6) is 5.75 Å². The van der Waals surface area contributed by atoms with E-state index in [1.54, 1.807) is 36.7 Å². The van der Waals surface area contributed by atoms with Crippen molar-refractivity contribution in [2.24, 2.45) is 0 Å². The van der Waals surface area contributed by atoms with E-state index in [9.17, 15) is 4.79 Å². The Balaban J connectivity index is 2.20. The summed E-state index contributed by atoms with van der Waals surface area (Å²) in [5.41, 5.74) is 1.49. The first-order valence-electron chi connectivity index (χ1n) is 5.77. The number of hydrogen-bond acceptors (Lipinski definition) is 4. The molecule has 0 amide bonds. The van der Waals surface area contributed by atoms with Crippen molar-refractivity contribution in [2.75, 3.05) is 6.61 Å². The molecule has 4 nitrogen and oxygen atoms in total. The number of benzene rings is 1. The van der Waals surface area contributed by atoms with Crippen LogP contribution in [0.2, 0.25) is 0 Å². The van der Waals surface area contributed by atoms with Gasteiger partial charge in [-0.3, -0.25) is 4.79 Å². The number of rotatable bonds is 4. The van der Waals surface area contributed by atoms with Crippen LogP contribution < -0.4 is 4.74 Å². The van der Waals surface area contributed by atoms with Gasteiger partial charge < -0.3 is 4.74 Å². The zero-order valence-corrected chi connectivity index (χ0v) is 10.4. The molecule has 0 atom stereocenters. The maximum absolute atomic E-state index is 12.1. The van der Waals surface area contributed by atoms with Gasteiger partial charge in [-0.2, -0.15) is 0 Å². The van der Waals surface area contributed by atoms with Crippen molar-refractivity contribution in [3.63, 3.8) is 0 Å². The van der Waals surface area contributed by atoms with E-state index in [0.29, 0.717) is 12.2 Å². The van der Waals surface area contributed by atoms with Crippen LogP contribution in [-0.4, -0.2) is 22.4 Å². The molecule has 18 heavy (non-hydrogen) atoms. The number of ketones is 1. The SMILES string of the molecule is CCOc1ccc(C(=O)c2ncc(C)cn2)cc1. The van der Waals surface area contributed by atoms with Gasteiger partial charge in [0, 0.05) is 18.0 Å².